The smallest absolute Gasteiger partial charge is 0.255 e. The van der Waals surface area contributed by atoms with Crippen molar-refractivity contribution in [3.63, 3.8) is 0 Å². The van der Waals surface area contributed by atoms with Gasteiger partial charge in [0.1, 0.15) is 5.75 Å². The predicted octanol–water partition coefficient (Wildman–Crippen LogP) is 1.71. The van der Waals surface area contributed by atoms with Crippen LogP contribution in [-0.2, 0) is 11.3 Å². The number of primary amides is 1. The summed E-state index contributed by atoms with van der Waals surface area (Å²) in [5, 5.41) is 6.85. The minimum absolute atomic E-state index is 0. The van der Waals surface area contributed by atoms with Crippen LogP contribution in [-0.4, -0.2) is 56.1 Å². The fourth-order valence-corrected chi connectivity index (χ4v) is 3.09. The van der Waals surface area contributed by atoms with E-state index in [1.165, 1.54) is 13.0 Å². The van der Waals surface area contributed by atoms with E-state index in [0.29, 0.717) is 18.3 Å². The number of benzene rings is 1. The van der Waals surface area contributed by atoms with Crippen molar-refractivity contribution in [2.45, 2.75) is 38.8 Å². The van der Waals surface area contributed by atoms with E-state index in [2.05, 4.69) is 27.4 Å². The zero-order valence-electron chi connectivity index (χ0n) is 16.2. The maximum atomic E-state index is 10.8. The number of aliphatic imine (C=N–C) groups is 1. The highest BCUT2D eigenvalue weighted by molar-refractivity contribution is 14.0. The first-order valence-corrected chi connectivity index (χ1v) is 9.30. The zero-order valence-corrected chi connectivity index (χ0v) is 18.6. The fraction of sp³-hybridized carbons (Fsp3) is 0.579. The molecule has 7 nitrogen and oxygen atoms in total. The summed E-state index contributed by atoms with van der Waals surface area (Å²) in [4.78, 5) is 17.7. The molecule has 1 aliphatic heterocycles. The van der Waals surface area contributed by atoms with Gasteiger partial charge >= 0.3 is 0 Å². The zero-order chi connectivity index (χ0) is 18.8. The minimum atomic E-state index is -0.483. The molecule has 4 N–H and O–H groups in total. The monoisotopic (exact) mass is 489 g/mol. The number of halogens is 1. The summed E-state index contributed by atoms with van der Waals surface area (Å²) in [5.74, 6) is 0.958. The van der Waals surface area contributed by atoms with Gasteiger partial charge in [-0.15, -0.1) is 24.0 Å². The number of likely N-dealkylation sites (tertiary alicyclic amines) is 1. The van der Waals surface area contributed by atoms with Crippen LogP contribution in [0.3, 0.4) is 0 Å². The van der Waals surface area contributed by atoms with E-state index >= 15 is 0 Å². The molecule has 0 atom stereocenters. The standard InChI is InChI=1S/C19H31N5O2.HI/c1-3-9-24-10-7-16(8-11-24)23-19(21-2)22-13-15-5-4-6-17(12-15)26-14-18(20)25;/h4-6,12,16H,3,7-11,13-14H2,1-2H3,(H2,20,25)(H2,21,22,23);1H. The van der Waals surface area contributed by atoms with Crippen LogP contribution in [0.2, 0.25) is 0 Å². The lowest BCUT2D eigenvalue weighted by atomic mass is 10.1. The van der Waals surface area contributed by atoms with Gasteiger partial charge in [-0.2, -0.15) is 0 Å². The third-order valence-electron chi connectivity index (χ3n) is 4.43. The summed E-state index contributed by atoms with van der Waals surface area (Å²) < 4.78 is 5.34. The molecule has 1 saturated heterocycles. The lowest BCUT2D eigenvalue weighted by Crippen LogP contribution is -2.48. The Morgan fingerprint density at radius 1 is 1.37 bits per heavy atom. The maximum absolute atomic E-state index is 10.8. The minimum Gasteiger partial charge on any atom is -0.484 e. The largest absolute Gasteiger partial charge is 0.484 e. The van der Waals surface area contributed by atoms with Crippen LogP contribution < -0.4 is 21.1 Å². The second-order valence-corrected chi connectivity index (χ2v) is 6.59. The normalized spacial score (nSPS) is 15.7. The van der Waals surface area contributed by atoms with Crippen molar-refractivity contribution < 1.29 is 9.53 Å². The van der Waals surface area contributed by atoms with Crippen LogP contribution in [0, 0.1) is 0 Å². The first kappa shape index (κ1) is 23.5. The second kappa shape index (κ2) is 12.8. The van der Waals surface area contributed by atoms with Crippen molar-refractivity contribution in [3.8, 4) is 5.75 Å². The maximum Gasteiger partial charge on any atom is 0.255 e. The van der Waals surface area contributed by atoms with Crippen molar-refractivity contribution >= 4 is 35.8 Å². The molecule has 1 aliphatic rings. The molecule has 1 aromatic rings. The summed E-state index contributed by atoms with van der Waals surface area (Å²) in [6.45, 7) is 6.21. The van der Waals surface area contributed by atoms with E-state index in [1.54, 1.807) is 7.05 Å². The van der Waals surface area contributed by atoms with E-state index in [4.69, 9.17) is 10.5 Å². The third-order valence-corrected chi connectivity index (χ3v) is 4.43. The Bertz CT molecular complexity index is 604. The number of rotatable bonds is 8. The van der Waals surface area contributed by atoms with Crippen molar-refractivity contribution in [2.75, 3.05) is 33.3 Å². The Labute approximate surface area is 179 Å². The summed E-state index contributed by atoms with van der Waals surface area (Å²) >= 11 is 0. The number of ether oxygens (including phenoxy) is 1. The van der Waals surface area contributed by atoms with Crippen LogP contribution >= 0.6 is 24.0 Å². The molecule has 1 heterocycles. The second-order valence-electron chi connectivity index (χ2n) is 6.59. The molecule has 0 aromatic heterocycles. The number of hydrogen-bond donors (Lipinski definition) is 3. The Kier molecular flexibility index (Phi) is 11.1. The Balaban J connectivity index is 0.00000364. The fourth-order valence-electron chi connectivity index (χ4n) is 3.09. The summed E-state index contributed by atoms with van der Waals surface area (Å²) in [6, 6.07) is 8.06. The molecule has 8 heteroatoms. The summed E-state index contributed by atoms with van der Waals surface area (Å²) in [6.07, 6.45) is 3.48. The summed E-state index contributed by atoms with van der Waals surface area (Å²) in [7, 11) is 1.79. The van der Waals surface area contributed by atoms with Crippen molar-refractivity contribution in [3.05, 3.63) is 29.8 Å². The van der Waals surface area contributed by atoms with E-state index in [0.717, 1.165) is 37.5 Å². The number of nitrogens with two attached hydrogens (primary N) is 1. The molecular formula is C19H32IN5O2. The van der Waals surface area contributed by atoms with Crippen molar-refractivity contribution in [2.24, 2.45) is 10.7 Å². The highest BCUT2D eigenvalue weighted by atomic mass is 127. The topological polar surface area (TPSA) is 92.0 Å². The van der Waals surface area contributed by atoms with Crippen LogP contribution in [0.25, 0.3) is 0 Å². The SMILES string of the molecule is CCCN1CCC(NC(=NC)NCc2cccc(OCC(N)=O)c2)CC1.I. The van der Waals surface area contributed by atoms with Gasteiger partial charge in [-0.1, -0.05) is 19.1 Å². The highest BCUT2D eigenvalue weighted by Gasteiger charge is 2.19. The van der Waals surface area contributed by atoms with Gasteiger partial charge in [0.25, 0.3) is 5.91 Å². The molecule has 0 bridgehead atoms. The molecule has 0 radical (unpaired) electrons. The summed E-state index contributed by atoms with van der Waals surface area (Å²) in [5.41, 5.74) is 6.15. The van der Waals surface area contributed by atoms with E-state index in [-0.39, 0.29) is 30.6 Å². The number of nitrogens with zero attached hydrogens (tertiary/aromatic N) is 2. The van der Waals surface area contributed by atoms with Crippen LogP contribution in [0.5, 0.6) is 5.75 Å². The molecule has 0 unspecified atom stereocenters. The number of carbonyl (C=O) groups is 1. The lowest BCUT2D eigenvalue weighted by Gasteiger charge is -2.32. The third kappa shape index (κ3) is 8.79. The highest BCUT2D eigenvalue weighted by Crippen LogP contribution is 2.13. The Morgan fingerprint density at radius 3 is 2.74 bits per heavy atom. The number of amides is 1. The van der Waals surface area contributed by atoms with Gasteiger partial charge in [0, 0.05) is 32.7 Å². The number of nitrogens with one attached hydrogen (secondary N) is 2. The first-order chi connectivity index (χ1) is 12.6. The van der Waals surface area contributed by atoms with Gasteiger partial charge in [-0.05, 0) is 43.5 Å². The molecular weight excluding hydrogens is 457 g/mol. The van der Waals surface area contributed by atoms with Gasteiger partial charge in [-0.3, -0.25) is 9.79 Å². The van der Waals surface area contributed by atoms with Gasteiger partial charge in [-0.25, -0.2) is 0 Å². The van der Waals surface area contributed by atoms with Crippen LogP contribution in [0.1, 0.15) is 31.7 Å². The van der Waals surface area contributed by atoms with E-state index in [9.17, 15) is 4.79 Å². The van der Waals surface area contributed by atoms with E-state index < -0.39 is 5.91 Å². The average Bonchev–Trinajstić information content (AvgIpc) is 2.65. The molecule has 1 amide bonds. The predicted molar refractivity (Wildman–Crippen MR) is 120 cm³/mol. The van der Waals surface area contributed by atoms with Gasteiger partial charge in [0.15, 0.2) is 12.6 Å². The average molecular weight is 489 g/mol. The Hall–Kier alpha value is -1.55. The van der Waals surface area contributed by atoms with Crippen molar-refractivity contribution in [1.29, 1.82) is 0 Å². The number of carbonyl (C=O) groups excluding carboxylic acids is 1. The molecule has 2 rings (SSSR count). The number of piperidine rings is 1. The van der Waals surface area contributed by atoms with Gasteiger partial charge in [0.05, 0.1) is 0 Å². The molecule has 0 spiro atoms. The first-order valence-electron chi connectivity index (χ1n) is 9.30. The lowest BCUT2D eigenvalue weighted by molar-refractivity contribution is -0.119. The molecule has 1 fully saturated rings. The van der Waals surface area contributed by atoms with Crippen LogP contribution in [0.4, 0.5) is 0 Å². The quantitative estimate of drug-likeness (QED) is 0.294. The van der Waals surface area contributed by atoms with E-state index in [1.807, 2.05) is 24.3 Å². The number of guanidine groups is 1. The number of hydrogen-bond acceptors (Lipinski definition) is 4. The van der Waals surface area contributed by atoms with Crippen molar-refractivity contribution in [1.82, 2.24) is 15.5 Å². The molecule has 0 aliphatic carbocycles. The molecule has 1 aromatic carbocycles. The molecule has 0 saturated carbocycles. The Morgan fingerprint density at radius 2 is 2.11 bits per heavy atom. The van der Waals surface area contributed by atoms with Gasteiger partial charge in [0.2, 0.25) is 0 Å². The van der Waals surface area contributed by atoms with Crippen LogP contribution in [0.15, 0.2) is 29.3 Å². The molecule has 27 heavy (non-hydrogen) atoms. The van der Waals surface area contributed by atoms with Gasteiger partial charge < -0.3 is 26.0 Å². The molecule has 152 valence electrons.